The maximum Gasteiger partial charge on any atom is 0.231 e. The van der Waals surface area contributed by atoms with Gasteiger partial charge in [0.25, 0.3) is 0 Å². The van der Waals surface area contributed by atoms with Crippen molar-refractivity contribution in [3.63, 3.8) is 0 Å². The minimum absolute atomic E-state index is 0.0166. The lowest BCUT2D eigenvalue weighted by Gasteiger charge is -2.38. The second-order valence-electron chi connectivity index (χ2n) is 10.9. The van der Waals surface area contributed by atoms with Gasteiger partial charge in [-0.3, -0.25) is 19.9 Å². The molecule has 32 heavy (non-hydrogen) atoms. The number of nitrogens with one attached hydrogen (secondary N) is 3. The summed E-state index contributed by atoms with van der Waals surface area (Å²) in [6.07, 6.45) is 0.979. The minimum Gasteiger partial charge on any atom is -0.487 e. The van der Waals surface area contributed by atoms with Crippen LogP contribution >= 0.6 is 11.6 Å². The van der Waals surface area contributed by atoms with Gasteiger partial charge in [-0.25, -0.2) is 0 Å². The predicted molar refractivity (Wildman–Crippen MR) is 124 cm³/mol. The number of benzene rings is 1. The van der Waals surface area contributed by atoms with Crippen molar-refractivity contribution in [1.29, 1.82) is 5.41 Å². The molecule has 3 aliphatic rings. The summed E-state index contributed by atoms with van der Waals surface area (Å²) in [4.78, 5) is 27.3. The number of amides is 2. The van der Waals surface area contributed by atoms with Crippen molar-refractivity contribution in [1.82, 2.24) is 15.5 Å². The van der Waals surface area contributed by atoms with Gasteiger partial charge in [0.05, 0.1) is 6.04 Å². The first-order valence-electron chi connectivity index (χ1n) is 11.2. The lowest BCUT2D eigenvalue weighted by atomic mass is 9.89. The molecule has 2 aliphatic heterocycles. The molecule has 4 atom stereocenters. The maximum absolute atomic E-state index is 13.2. The van der Waals surface area contributed by atoms with E-state index in [9.17, 15) is 9.59 Å². The van der Waals surface area contributed by atoms with Crippen LogP contribution in [0.4, 0.5) is 0 Å². The zero-order valence-corrected chi connectivity index (χ0v) is 20.4. The van der Waals surface area contributed by atoms with Crippen LogP contribution in [0.15, 0.2) is 12.1 Å². The number of guanidine groups is 1. The van der Waals surface area contributed by atoms with Gasteiger partial charge in [-0.15, -0.1) is 0 Å². The molecule has 0 spiro atoms. The molecule has 0 bridgehead atoms. The molecule has 0 aromatic heterocycles. The second kappa shape index (κ2) is 7.65. The van der Waals surface area contributed by atoms with Crippen LogP contribution in [0.1, 0.15) is 64.6 Å². The molecule has 2 unspecified atom stereocenters. The zero-order chi connectivity index (χ0) is 23.6. The molecule has 2 fully saturated rings. The Morgan fingerprint density at radius 3 is 2.69 bits per heavy atom. The third-order valence-corrected chi connectivity index (χ3v) is 7.35. The third kappa shape index (κ3) is 4.32. The lowest BCUT2D eigenvalue weighted by Crippen LogP contribution is -2.60. The molecule has 1 aromatic rings. The highest BCUT2D eigenvalue weighted by Crippen LogP contribution is 2.48. The number of carbonyl (C=O) groups is 2. The Kier molecular flexibility index (Phi) is 5.47. The molecule has 0 radical (unpaired) electrons. The molecule has 7 nitrogen and oxygen atoms in total. The Bertz CT molecular complexity index is 970. The highest BCUT2D eigenvalue weighted by molar-refractivity contribution is 6.31. The lowest BCUT2D eigenvalue weighted by molar-refractivity contribution is -0.131. The molecule has 8 heteroatoms. The Labute approximate surface area is 194 Å². The van der Waals surface area contributed by atoms with Crippen molar-refractivity contribution >= 4 is 29.4 Å². The van der Waals surface area contributed by atoms with Gasteiger partial charge in [0.2, 0.25) is 11.8 Å². The van der Waals surface area contributed by atoms with Crippen LogP contribution in [0.5, 0.6) is 5.75 Å². The number of ether oxygens (including phenoxy) is 1. The largest absolute Gasteiger partial charge is 0.487 e. The summed E-state index contributed by atoms with van der Waals surface area (Å²) >= 11 is 6.36. The Morgan fingerprint density at radius 2 is 2.03 bits per heavy atom. The van der Waals surface area contributed by atoms with Gasteiger partial charge in [0, 0.05) is 41.4 Å². The average molecular weight is 461 g/mol. The van der Waals surface area contributed by atoms with Crippen molar-refractivity contribution in [2.24, 2.45) is 17.8 Å². The molecular weight excluding hydrogens is 428 g/mol. The van der Waals surface area contributed by atoms with Crippen LogP contribution in [0, 0.1) is 30.1 Å². The van der Waals surface area contributed by atoms with E-state index in [-0.39, 0.29) is 41.6 Å². The van der Waals surface area contributed by atoms with E-state index >= 15 is 0 Å². The summed E-state index contributed by atoms with van der Waals surface area (Å²) in [5.74, 6) is 0.806. The Morgan fingerprint density at radius 1 is 1.34 bits per heavy atom. The minimum atomic E-state index is -0.417. The number of rotatable bonds is 4. The van der Waals surface area contributed by atoms with Crippen LogP contribution in [0.3, 0.4) is 0 Å². The first-order chi connectivity index (χ1) is 14.8. The van der Waals surface area contributed by atoms with E-state index in [4.69, 9.17) is 21.7 Å². The molecule has 1 saturated carbocycles. The van der Waals surface area contributed by atoms with Gasteiger partial charge in [-0.05, 0) is 64.2 Å². The standard InChI is InChI=1S/C24H33ClN4O3/c1-12-7-18-14(8-16(12)25)17(9-24(5,6)32-18)27-21(31)20-13(2)15(20)11-29-19(30)10-23(3,4)28-22(29)26/h7-8,13,15,17,20H,9-11H2,1-6H3,(H2,26,28)(H,27,31)/t13?,15-,17?,20-/m1/s1. The number of carbonyl (C=O) groups excluding carboxylic acids is 2. The van der Waals surface area contributed by atoms with Crippen LogP contribution < -0.4 is 15.4 Å². The van der Waals surface area contributed by atoms with Gasteiger partial charge < -0.3 is 15.4 Å². The highest BCUT2D eigenvalue weighted by atomic mass is 35.5. The van der Waals surface area contributed by atoms with E-state index in [0.29, 0.717) is 24.4 Å². The smallest absolute Gasteiger partial charge is 0.231 e. The van der Waals surface area contributed by atoms with Crippen LogP contribution in [0.2, 0.25) is 5.02 Å². The van der Waals surface area contributed by atoms with Crippen molar-refractivity contribution in [3.8, 4) is 5.75 Å². The van der Waals surface area contributed by atoms with E-state index < -0.39 is 11.1 Å². The monoisotopic (exact) mass is 460 g/mol. The number of fused-ring (bicyclic) bond motifs is 1. The second-order valence-corrected chi connectivity index (χ2v) is 11.3. The molecule has 2 heterocycles. The van der Waals surface area contributed by atoms with Gasteiger partial charge in [-0.1, -0.05) is 18.5 Å². The van der Waals surface area contributed by atoms with Crippen molar-refractivity contribution < 1.29 is 14.3 Å². The van der Waals surface area contributed by atoms with Crippen molar-refractivity contribution in [2.75, 3.05) is 6.54 Å². The normalized spacial score (nSPS) is 30.2. The number of nitrogens with zero attached hydrogens (tertiary/aromatic N) is 1. The Balaban J connectivity index is 1.46. The van der Waals surface area contributed by atoms with Crippen LogP contribution in [-0.4, -0.2) is 40.4 Å². The van der Waals surface area contributed by atoms with Crippen molar-refractivity contribution in [3.05, 3.63) is 28.3 Å². The van der Waals surface area contributed by atoms with E-state index in [2.05, 4.69) is 10.6 Å². The summed E-state index contributed by atoms with van der Waals surface area (Å²) in [7, 11) is 0. The average Bonchev–Trinajstić information content (AvgIpc) is 3.27. The first-order valence-corrected chi connectivity index (χ1v) is 11.6. The van der Waals surface area contributed by atoms with E-state index in [1.54, 1.807) is 0 Å². The molecule has 174 valence electrons. The fourth-order valence-electron chi connectivity index (χ4n) is 5.06. The van der Waals surface area contributed by atoms with Gasteiger partial charge in [0.15, 0.2) is 5.96 Å². The van der Waals surface area contributed by atoms with E-state index in [0.717, 1.165) is 16.9 Å². The number of hydrogen-bond donors (Lipinski definition) is 3. The fraction of sp³-hybridized carbons (Fsp3) is 0.625. The number of hydrogen-bond acceptors (Lipinski definition) is 4. The van der Waals surface area contributed by atoms with E-state index in [1.807, 2.05) is 53.7 Å². The zero-order valence-electron chi connectivity index (χ0n) is 19.6. The summed E-state index contributed by atoms with van der Waals surface area (Å²) in [6, 6.07) is 3.63. The van der Waals surface area contributed by atoms with Crippen LogP contribution in [0.25, 0.3) is 0 Å². The highest BCUT2D eigenvalue weighted by Gasteiger charge is 2.54. The first kappa shape index (κ1) is 22.9. The molecular formula is C24H33ClN4O3. The predicted octanol–water partition coefficient (Wildman–Crippen LogP) is 3.78. The molecule has 3 N–H and O–H groups in total. The number of aryl methyl sites for hydroxylation is 1. The third-order valence-electron chi connectivity index (χ3n) is 6.94. The molecule has 1 aromatic carbocycles. The molecule has 2 amide bonds. The summed E-state index contributed by atoms with van der Waals surface area (Å²) in [6.45, 7) is 12.2. The molecule has 4 rings (SSSR count). The molecule has 1 saturated heterocycles. The number of halogens is 1. The quantitative estimate of drug-likeness (QED) is 0.637. The summed E-state index contributed by atoms with van der Waals surface area (Å²) in [5.41, 5.74) is 1.01. The molecule has 1 aliphatic carbocycles. The van der Waals surface area contributed by atoms with E-state index in [1.165, 1.54) is 4.90 Å². The van der Waals surface area contributed by atoms with Gasteiger partial charge >= 0.3 is 0 Å². The maximum atomic E-state index is 13.2. The van der Waals surface area contributed by atoms with Gasteiger partial charge in [-0.2, -0.15) is 0 Å². The topological polar surface area (TPSA) is 94.5 Å². The summed E-state index contributed by atoms with van der Waals surface area (Å²) < 4.78 is 6.14. The Hall–Kier alpha value is -2.28. The fourth-order valence-corrected chi connectivity index (χ4v) is 5.23. The SMILES string of the molecule is Cc1cc2c(cc1Cl)C(NC(=O)[C@@H]1C(C)[C@H]1CN1C(=N)NC(C)(C)CC1=O)CC(C)(C)O2. The van der Waals surface area contributed by atoms with Crippen molar-refractivity contribution in [2.45, 2.75) is 71.6 Å². The van der Waals surface area contributed by atoms with Crippen LogP contribution in [-0.2, 0) is 9.59 Å². The summed E-state index contributed by atoms with van der Waals surface area (Å²) in [5, 5.41) is 15.2. The van der Waals surface area contributed by atoms with Gasteiger partial charge in [0.1, 0.15) is 11.4 Å².